The van der Waals surface area contributed by atoms with Crippen molar-refractivity contribution in [2.24, 2.45) is 5.92 Å². The number of amides is 3. The molecule has 0 aliphatic rings. The zero-order valence-corrected chi connectivity index (χ0v) is 18.5. The Balaban J connectivity index is 2.11. The number of carbonyl (C=O) groups excluding carboxylic acids is 2. The number of thioether (sulfide) groups is 1. The number of nitrogens with one attached hydrogen (secondary N) is 2. The summed E-state index contributed by atoms with van der Waals surface area (Å²) < 4.78 is 28.3. The fourth-order valence-corrected chi connectivity index (χ4v) is 4.62. The molecule has 2 aromatic rings. The first-order chi connectivity index (χ1) is 13.7. The first-order valence-corrected chi connectivity index (χ1v) is 11.7. The van der Waals surface area contributed by atoms with Crippen molar-refractivity contribution in [1.82, 2.24) is 29.5 Å². The summed E-state index contributed by atoms with van der Waals surface area (Å²) >= 11 is 1.06. The van der Waals surface area contributed by atoms with Crippen molar-refractivity contribution >= 4 is 39.4 Å². The Labute approximate surface area is 174 Å². The molecule has 0 bridgehead atoms. The zero-order chi connectivity index (χ0) is 21.6. The molecule has 29 heavy (non-hydrogen) atoms. The quantitative estimate of drug-likeness (QED) is 0.561. The summed E-state index contributed by atoms with van der Waals surface area (Å²) in [5.41, 5.74) is 0.459. The van der Waals surface area contributed by atoms with E-state index in [0.717, 1.165) is 11.8 Å². The summed E-state index contributed by atoms with van der Waals surface area (Å²) in [6.45, 7) is 8.63. The van der Waals surface area contributed by atoms with Crippen molar-refractivity contribution < 1.29 is 18.0 Å². The summed E-state index contributed by atoms with van der Waals surface area (Å²) in [5, 5.41) is 13.2. The Morgan fingerprint density at radius 1 is 1.21 bits per heavy atom. The van der Waals surface area contributed by atoms with E-state index in [4.69, 9.17) is 0 Å². The molecule has 0 saturated carbocycles. The summed E-state index contributed by atoms with van der Waals surface area (Å²) in [7, 11) is -3.63. The third-order valence-electron chi connectivity index (χ3n) is 3.94. The molecule has 0 saturated heterocycles. The number of hydrogen-bond donors (Lipinski definition) is 2. The number of imide groups is 1. The maximum Gasteiger partial charge on any atom is 0.321 e. The molecule has 2 heterocycles. The van der Waals surface area contributed by atoms with Gasteiger partial charge in [0, 0.05) is 25.8 Å². The number of hydrogen-bond acceptors (Lipinski definition) is 7. The number of carbonyl (C=O) groups is 2. The van der Waals surface area contributed by atoms with Gasteiger partial charge < -0.3 is 5.32 Å². The maximum absolute atomic E-state index is 12.7. The van der Waals surface area contributed by atoms with Crippen LogP contribution in [0.25, 0.3) is 5.65 Å². The number of sulfonamides is 1. The van der Waals surface area contributed by atoms with Crippen LogP contribution in [0, 0.1) is 5.92 Å². The normalized spacial score (nSPS) is 11.9. The van der Waals surface area contributed by atoms with Gasteiger partial charge in [-0.1, -0.05) is 39.5 Å². The predicted octanol–water partition coefficient (Wildman–Crippen LogP) is 1.33. The zero-order valence-electron chi connectivity index (χ0n) is 16.9. The monoisotopic (exact) mass is 442 g/mol. The van der Waals surface area contributed by atoms with E-state index in [1.807, 2.05) is 13.8 Å². The van der Waals surface area contributed by atoms with Crippen LogP contribution in [-0.4, -0.2) is 64.6 Å². The van der Waals surface area contributed by atoms with E-state index in [1.165, 1.54) is 21.0 Å². The average Bonchev–Trinajstić information content (AvgIpc) is 3.07. The van der Waals surface area contributed by atoms with Gasteiger partial charge in [0.25, 0.3) is 0 Å². The van der Waals surface area contributed by atoms with Gasteiger partial charge in [0.1, 0.15) is 0 Å². The summed E-state index contributed by atoms with van der Waals surface area (Å²) in [5.74, 6) is -0.280. The summed E-state index contributed by atoms with van der Waals surface area (Å²) in [6, 6.07) is 2.49. The molecule has 0 fully saturated rings. The minimum absolute atomic E-state index is 0.0666. The van der Waals surface area contributed by atoms with Crippen LogP contribution in [-0.2, 0) is 14.8 Å². The second-order valence-corrected chi connectivity index (χ2v) is 9.49. The fraction of sp³-hybridized carbons (Fsp3) is 0.529. The predicted molar refractivity (Wildman–Crippen MR) is 110 cm³/mol. The van der Waals surface area contributed by atoms with Gasteiger partial charge in [-0.05, 0) is 18.1 Å². The van der Waals surface area contributed by atoms with E-state index < -0.39 is 22.0 Å². The van der Waals surface area contributed by atoms with Gasteiger partial charge in [-0.25, -0.2) is 13.2 Å². The molecule has 0 unspecified atom stereocenters. The van der Waals surface area contributed by atoms with Gasteiger partial charge in [-0.15, -0.1) is 10.2 Å². The lowest BCUT2D eigenvalue weighted by Crippen LogP contribution is -2.41. The number of fused-ring (bicyclic) bond motifs is 1. The average molecular weight is 443 g/mol. The Kier molecular flexibility index (Phi) is 7.99. The number of rotatable bonds is 9. The molecule has 10 nitrogen and oxygen atoms in total. The first kappa shape index (κ1) is 23.1. The van der Waals surface area contributed by atoms with E-state index in [0.29, 0.717) is 30.4 Å². The van der Waals surface area contributed by atoms with Crippen LogP contribution < -0.4 is 10.6 Å². The molecule has 0 radical (unpaired) electrons. The molecule has 2 N–H and O–H groups in total. The Hall–Kier alpha value is -2.18. The van der Waals surface area contributed by atoms with Crippen LogP contribution >= 0.6 is 11.8 Å². The summed E-state index contributed by atoms with van der Waals surface area (Å²) in [6.07, 6.45) is 1.44. The molecule has 2 rings (SSSR count). The van der Waals surface area contributed by atoms with Crippen LogP contribution in [0.5, 0.6) is 0 Å². The van der Waals surface area contributed by atoms with Crippen LogP contribution in [0.1, 0.15) is 27.7 Å². The van der Waals surface area contributed by atoms with Crippen molar-refractivity contribution in [2.45, 2.75) is 37.7 Å². The highest BCUT2D eigenvalue weighted by Gasteiger charge is 2.23. The van der Waals surface area contributed by atoms with Gasteiger partial charge in [-0.3, -0.25) is 14.5 Å². The summed E-state index contributed by atoms with van der Waals surface area (Å²) in [4.78, 5) is 23.7. The van der Waals surface area contributed by atoms with E-state index in [2.05, 4.69) is 20.8 Å². The molecule has 12 heteroatoms. The molecule has 3 amide bonds. The molecular weight excluding hydrogens is 416 g/mol. The van der Waals surface area contributed by atoms with Gasteiger partial charge in [0.15, 0.2) is 10.8 Å². The van der Waals surface area contributed by atoms with E-state index in [-0.39, 0.29) is 16.6 Å². The highest BCUT2D eigenvalue weighted by atomic mass is 32.2. The molecule has 160 valence electrons. The van der Waals surface area contributed by atoms with E-state index in [9.17, 15) is 18.0 Å². The Morgan fingerprint density at radius 2 is 1.90 bits per heavy atom. The molecule has 0 aliphatic heterocycles. The van der Waals surface area contributed by atoms with Crippen molar-refractivity contribution in [2.75, 3.05) is 25.4 Å². The molecule has 2 aromatic heterocycles. The molecule has 0 aliphatic carbocycles. The second-order valence-electron chi connectivity index (χ2n) is 6.61. The van der Waals surface area contributed by atoms with Gasteiger partial charge in [0.2, 0.25) is 15.9 Å². The third-order valence-corrected chi connectivity index (χ3v) is 6.92. The number of aromatic nitrogens is 3. The SMILES string of the molecule is CCN(CC)S(=O)(=O)c1ccc2nnc(SCC(=O)NC(=O)NCC(C)C)n2c1. The highest BCUT2D eigenvalue weighted by molar-refractivity contribution is 7.99. The molecule has 0 atom stereocenters. The minimum atomic E-state index is -3.63. The van der Waals surface area contributed by atoms with Crippen LogP contribution in [0.4, 0.5) is 4.79 Å². The standard InChI is InChI=1S/C17H26N6O4S2/c1-5-22(6-2)29(26,27)13-7-8-14-20-21-17(23(14)10-13)28-11-15(24)19-16(25)18-9-12(3)4/h7-8,10,12H,5-6,9,11H2,1-4H3,(H2,18,19,24,25). The largest absolute Gasteiger partial charge is 0.338 e. The maximum atomic E-state index is 12.7. The van der Waals surface area contributed by atoms with E-state index in [1.54, 1.807) is 19.9 Å². The van der Waals surface area contributed by atoms with Crippen LogP contribution in [0.2, 0.25) is 0 Å². The van der Waals surface area contributed by atoms with Crippen molar-refractivity contribution in [3.05, 3.63) is 18.3 Å². The smallest absolute Gasteiger partial charge is 0.321 e. The van der Waals surface area contributed by atoms with Crippen LogP contribution in [0.15, 0.2) is 28.4 Å². The number of nitrogens with zero attached hydrogens (tertiary/aromatic N) is 4. The van der Waals surface area contributed by atoms with Gasteiger partial charge in [0.05, 0.1) is 10.6 Å². The fourth-order valence-electron chi connectivity index (χ4n) is 2.45. The second kappa shape index (κ2) is 10.0. The lowest BCUT2D eigenvalue weighted by Gasteiger charge is -2.18. The van der Waals surface area contributed by atoms with Crippen molar-refractivity contribution in [3.8, 4) is 0 Å². The minimum Gasteiger partial charge on any atom is -0.338 e. The van der Waals surface area contributed by atoms with Crippen molar-refractivity contribution in [1.29, 1.82) is 0 Å². The topological polar surface area (TPSA) is 126 Å². The van der Waals surface area contributed by atoms with Gasteiger partial charge >= 0.3 is 6.03 Å². The van der Waals surface area contributed by atoms with Crippen LogP contribution in [0.3, 0.4) is 0 Å². The molecular formula is C17H26N6O4S2. The first-order valence-electron chi connectivity index (χ1n) is 9.24. The van der Waals surface area contributed by atoms with E-state index >= 15 is 0 Å². The number of pyridine rings is 1. The van der Waals surface area contributed by atoms with Gasteiger partial charge in [-0.2, -0.15) is 4.31 Å². The lowest BCUT2D eigenvalue weighted by atomic mass is 10.2. The Morgan fingerprint density at radius 3 is 2.52 bits per heavy atom. The highest BCUT2D eigenvalue weighted by Crippen LogP contribution is 2.21. The molecule has 0 spiro atoms. The van der Waals surface area contributed by atoms with Crippen molar-refractivity contribution in [3.63, 3.8) is 0 Å². The number of urea groups is 1. The third kappa shape index (κ3) is 5.90. The Bertz CT molecular complexity index is 969. The lowest BCUT2D eigenvalue weighted by molar-refractivity contribution is -0.117. The molecule has 0 aromatic carbocycles.